The number of hydrogen-bond donors (Lipinski definition) is 1. The molecule has 3 rings (SSSR count). The fraction of sp³-hybridized carbons (Fsp3) is 0.292. The monoisotopic (exact) mass is 490 g/mol. The Bertz CT molecular complexity index is 1160. The summed E-state index contributed by atoms with van der Waals surface area (Å²) in [6.45, 7) is 9.95. The lowest BCUT2D eigenvalue weighted by atomic mass is 10.1. The molecule has 0 radical (unpaired) electrons. The summed E-state index contributed by atoms with van der Waals surface area (Å²) in [5.74, 6) is 0.517. The van der Waals surface area contributed by atoms with Gasteiger partial charge in [0.15, 0.2) is 17.1 Å². The van der Waals surface area contributed by atoms with Crippen LogP contribution in [0.1, 0.15) is 35.5 Å². The van der Waals surface area contributed by atoms with Crippen LogP contribution >= 0.6 is 11.8 Å². The zero-order valence-corrected chi connectivity index (χ0v) is 19.8. The highest BCUT2D eigenvalue weighted by molar-refractivity contribution is 7.99. The third-order valence-corrected chi connectivity index (χ3v) is 5.73. The van der Waals surface area contributed by atoms with Crippen molar-refractivity contribution in [1.82, 2.24) is 14.8 Å². The molecular formula is C24H25F3N4O2S. The molecular weight excluding hydrogens is 465 g/mol. The Labute approximate surface area is 200 Å². The molecule has 34 heavy (non-hydrogen) atoms. The average Bonchev–Trinajstić information content (AvgIpc) is 3.14. The number of anilines is 1. The third kappa shape index (κ3) is 6.40. The van der Waals surface area contributed by atoms with Crippen LogP contribution < -0.4 is 10.1 Å². The molecule has 0 aliphatic heterocycles. The molecule has 3 aromatic rings. The van der Waals surface area contributed by atoms with Gasteiger partial charge >= 0.3 is 6.18 Å². The van der Waals surface area contributed by atoms with E-state index in [2.05, 4.69) is 22.1 Å². The molecule has 0 aliphatic rings. The molecule has 0 bridgehead atoms. The van der Waals surface area contributed by atoms with Gasteiger partial charge in [0.05, 0.1) is 17.0 Å². The summed E-state index contributed by atoms with van der Waals surface area (Å²) in [4.78, 5) is 12.4. The Morgan fingerprint density at radius 1 is 1.21 bits per heavy atom. The lowest BCUT2D eigenvalue weighted by molar-refractivity contribution is -0.137. The van der Waals surface area contributed by atoms with Gasteiger partial charge in [-0.3, -0.25) is 9.36 Å². The summed E-state index contributed by atoms with van der Waals surface area (Å²) in [5.41, 5.74) is 0.959. The number of carbonyl (C=O) groups is 1. The summed E-state index contributed by atoms with van der Waals surface area (Å²) in [7, 11) is 0. The number of halogens is 3. The Balaban J connectivity index is 1.71. The molecule has 1 aromatic heterocycles. The van der Waals surface area contributed by atoms with Crippen LogP contribution in [0.25, 0.3) is 0 Å². The van der Waals surface area contributed by atoms with Crippen molar-refractivity contribution in [2.45, 2.75) is 44.8 Å². The molecule has 1 atom stereocenters. The fourth-order valence-electron chi connectivity index (χ4n) is 3.42. The largest absolute Gasteiger partial charge is 0.483 e. The van der Waals surface area contributed by atoms with E-state index >= 15 is 0 Å². The smallest absolute Gasteiger partial charge is 0.418 e. The maximum Gasteiger partial charge on any atom is 0.418 e. The summed E-state index contributed by atoms with van der Waals surface area (Å²) >= 11 is 1.07. The van der Waals surface area contributed by atoms with Gasteiger partial charge in [0, 0.05) is 6.54 Å². The number of alkyl halides is 3. The first kappa shape index (κ1) is 25.4. The number of amides is 1. The van der Waals surface area contributed by atoms with E-state index in [0.717, 1.165) is 29.0 Å². The summed E-state index contributed by atoms with van der Waals surface area (Å²) < 4.78 is 47.3. The van der Waals surface area contributed by atoms with Crippen molar-refractivity contribution in [2.75, 3.05) is 11.1 Å². The van der Waals surface area contributed by atoms with Crippen LogP contribution in [-0.4, -0.2) is 26.4 Å². The van der Waals surface area contributed by atoms with E-state index in [0.29, 0.717) is 23.3 Å². The Kier molecular flexibility index (Phi) is 8.03. The van der Waals surface area contributed by atoms with Gasteiger partial charge < -0.3 is 10.1 Å². The molecule has 0 fully saturated rings. The minimum absolute atomic E-state index is 0.145. The minimum Gasteiger partial charge on any atom is -0.483 e. The highest BCUT2D eigenvalue weighted by Crippen LogP contribution is 2.34. The lowest BCUT2D eigenvalue weighted by Gasteiger charge is -2.16. The number of rotatable bonds is 9. The summed E-state index contributed by atoms with van der Waals surface area (Å²) in [5, 5.41) is 11.1. The van der Waals surface area contributed by atoms with Crippen LogP contribution in [-0.2, 0) is 17.5 Å². The Hall–Kier alpha value is -3.27. The van der Waals surface area contributed by atoms with Gasteiger partial charge in [0.25, 0.3) is 0 Å². The number of ether oxygens (including phenoxy) is 1. The normalized spacial score (nSPS) is 12.3. The van der Waals surface area contributed by atoms with Crippen LogP contribution in [0, 0.1) is 13.8 Å². The Morgan fingerprint density at radius 3 is 2.53 bits per heavy atom. The lowest BCUT2D eigenvalue weighted by Crippen LogP contribution is -2.18. The molecule has 2 aromatic carbocycles. The van der Waals surface area contributed by atoms with Crippen molar-refractivity contribution in [3.05, 3.63) is 77.6 Å². The maximum absolute atomic E-state index is 13.2. The first-order chi connectivity index (χ1) is 16.1. The van der Waals surface area contributed by atoms with Crippen molar-refractivity contribution in [2.24, 2.45) is 0 Å². The van der Waals surface area contributed by atoms with Gasteiger partial charge in [-0.2, -0.15) is 13.2 Å². The van der Waals surface area contributed by atoms with Crippen LogP contribution in [0.2, 0.25) is 0 Å². The van der Waals surface area contributed by atoms with E-state index in [-0.39, 0.29) is 11.4 Å². The standard InChI is InChI=1S/C24H25F3N4O2S/c1-5-10-31-22(17(4)33-18-12-15(2)11-16(3)13-18)29-30-23(31)34-14-21(32)28-20-9-7-6-8-19(20)24(25,26)27/h5-9,11-13,17H,1,10,14H2,2-4H3,(H,28,32). The quantitative estimate of drug-likeness (QED) is 0.296. The van der Waals surface area contributed by atoms with E-state index in [4.69, 9.17) is 4.74 Å². The van der Waals surface area contributed by atoms with Gasteiger partial charge in [-0.1, -0.05) is 36.0 Å². The van der Waals surface area contributed by atoms with Crippen LogP contribution in [0.5, 0.6) is 5.75 Å². The van der Waals surface area contributed by atoms with Crippen LogP contribution in [0.15, 0.2) is 60.3 Å². The highest BCUT2D eigenvalue weighted by Gasteiger charge is 2.33. The van der Waals surface area contributed by atoms with E-state index in [1.165, 1.54) is 18.2 Å². The van der Waals surface area contributed by atoms with Crippen molar-refractivity contribution in [1.29, 1.82) is 0 Å². The molecule has 10 heteroatoms. The van der Waals surface area contributed by atoms with Gasteiger partial charge in [0.2, 0.25) is 5.91 Å². The van der Waals surface area contributed by atoms with E-state index in [1.54, 1.807) is 10.6 Å². The maximum atomic E-state index is 13.2. The second-order valence-electron chi connectivity index (χ2n) is 7.70. The molecule has 0 aliphatic carbocycles. The molecule has 180 valence electrons. The van der Waals surface area contributed by atoms with Crippen LogP contribution in [0.3, 0.4) is 0 Å². The number of para-hydroxylation sites is 1. The van der Waals surface area contributed by atoms with Crippen LogP contribution in [0.4, 0.5) is 18.9 Å². The van der Waals surface area contributed by atoms with Crippen molar-refractivity contribution < 1.29 is 22.7 Å². The zero-order valence-electron chi connectivity index (χ0n) is 19.0. The zero-order chi connectivity index (χ0) is 24.9. The Morgan fingerprint density at radius 2 is 1.88 bits per heavy atom. The number of nitrogens with zero attached hydrogens (tertiary/aromatic N) is 3. The topological polar surface area (TPSA) is 69.0 Å². The molecule has 6 nitrogen and oxygen atoms in total. The van der Waals surface area contributed by atoms with E-state index in [1.807, 2.05) is 39.0 Å². The number of aromatic nitrogens is 3. The second-order valence-corrected chi connectivity index (χ2v) is 8.65. The highest BCUT2D eigenvalue weighted by atomic mass is 32.2. The molecule has 1 heterocycles. The molecule has 1 amide bonds. The van der Waals surface area contributed by atoms with E-state index in [9.17, 15) is 18.0 Å². The summed E-state index contributed by atoms with van der Waals surface area (Å²) in [6, 6.07) is 10.7. The average molecular weight is 491 g/mol. The van der Waals surface area contributed by atoms with Gasteiger partial charge in [-0.15, -0.1) is 16.8 Å². The number of aryl methyl sites for hydroxylation is 2. The molecule has 0 spiro atoms. The first-order valence-corrected chi connectivity index (χ1v) is 11.4. The predicted octanol–water partition coefficient (Wildman–Crippen LogP) is 5.97. The first-order valence-electron chi connectivity index (χ1n) is 10.5. The number of allylic oxidation sites excluding steroid dienone is 1. The number of nitrogens with one attached hydrogen (secondary N) is 1. The fourth-order valence-corrected chi connectivity index (χ4v) is 4.18. The number of carbonyl (C=O) groups excluding carboxylic acids is 1. The molecule has 1 N–H and O–H groups in total. The van der Waals surface area contributed by atoms with Crippen molar-refractivity contribution in [3.63, 3.8) is 0 Å². The van der Waals surface area contributed by atoms with E-state index < -0.39 is 23.8 Å². The third-order valence-electron chi connectivity index (χ3n) is 4.77. The molecule has 0 saturated heterocycles. The van der Waals surface area contributed by atoms with Gasteiger partial charge in [-0.05, 0) is 56.2 Å². The minimum atomic E-state index is -4.57. The summed E-state index contributed by atoms with van der Waals surface area (Å²) in [6.07, 6.45) is -3.34. The SMILES string of the molecule is C=CCn1c(SCC(=O)Nc2ccccc2C(F)(F)F)nnc1C(C)Oc1cc(C)cc(C)c1. The number of benzene rings is 2. The molecule has 0 saturated carbocycles. The van der Waals surface area contributed by atoms with Crippen molar-refractivity contribution >= 4 is 23.4 Å². The van der Waals surface area contributed by atoms with Crippen molar-refractivity contribution in [3.8, 4) is 5.75 Å². The van der Waals surface area contributed by atoms with Gasteiger partial charge in [-0.25, -0.2) is 0 Å². The molecule has 1 unspecified atom stereocenters. The number of hydrogen-bond acceptors (Lipinski definition) is 5. The second kappa shape index (κ2) is 10.8. The predicted molar refractivity (Wildman–Crippen MR) is 126 cm³/mol. The number of thioether (sulfide) groups is 1. The van der Waals surface area contributed by atoms with Gasteiger partial charge in [0.1, 0.15) is 5.75 Å².